The fourth-order valence-electron chi connectivity index (χ4n) is 1.60. The van der Waals surface area contributed by atoms with Crippen molar-refractivity contribution < 1.29 is 19.4 Å². The van der Waals surface area contributed by atoms with E-state index in [9.17, 15) is 4.79 Å². The molecule has 0 saturated carbocycles. The first-order valence-corrected chi connectivity index (χ1v) is 4.96. The molecule has 0 saturated heterocycles. The number of hydrogen-bond donors (Lipinski definition) is 1. The molecule has 0 radical (unpaired) electrons. The molecule has 0 amide bonds. The third-order valence-electron chi connectivity index (χ3n) is 2.61. The fraction of sp³-hybridized carbons (Fsp3) is 0.417. The maximum absolute atomic E-state index is 10.9. The summed E-state index contributed by atoms with van der Waals surface area (Å²) in [6, 6.07) is 3.50. The van der Waals surface area contributed by atoms with Gasteiger partial charge in [0.05, 0.1) is 20.1 Å². The zero-order valence-electron chi connectivity index (χ0n) is 9.90. The molecule has 0 fully saturated rings. The van der Waals surface area contributed by atoms with E-state index in [1.165, 1.54) is 7.11 Å². The number of carboxylic acids is 1. The highest BCUT2D eigenvalue weighted by atomic mass is 16.5. The summed E-state index contributed by atoms with van der Waals surface area (Å²) in [5.74, 6) is -0.243. The van der Waals surface area contributed by atoms with Crippen molar-refractivity contribution in [2.45, 2.75) is 19.8 Å². The molecule has 1 aromatic carbocycles. The molecule has 0 aromatic heterocycles. The van der Waals surface area contributed by atoms with Gasteiger partial charge in [0, 0.05) is 0 Å². The lowest BCUT2D eigenvalue weighted by atomic mass is 9.96. The predicted octanol–water partition coefficient (Wildman–Crippen LogP) is 2.20. The summed E-state index contributed by atoms with van der Waals surface area (Å²) in [4.78, 5) is 10.9. The summed E-state index contributed by atoms with van der Waals surface area (Å²) in [6.07, 6.45) is 0. The van der Waals surface area contributed by atoms with Gasteiger partial charge in [0.15, 0.2) is 11.5 Å². The molecule has 1 atom stereocenters. The molecule has 1 unspecified atom stereocenters. The number of carboxylic acid groups (broad SMARTS) is 1. The van der Waals surface area contributed by atoms with Crippen LogP contribution in [0.3, 0.4) is 0 Å². The van der Waals surface area contributed by atoms with Crippen molar-refractivity contribution in [2.75, 3.05) is 14.2 Å². The molecule has 4 heteroatoms. The van der Waals surface area contributed by atoms with Crippen LogP contribution in [0.15, 0.2) is 12.1 Å². The Balaban J connectivity index is 3.26. The third-order valence-corrected chi connectivity index (χ3v) is 2.61. The number of methoxy groups -OCH3 is 2. The molecule has 16 heavy (non-hydrogen) atoms. The molecule has 0 spiro atoms. The van der Waals surface area contributed by atoms with Crippen molar-refractivity contribution in [3.63, 3.8) is 0 Å². The average molecular weight is 224 g/mol. The Labute approximate surface area is 94.8 Å². The van der Waals surface area contributed by atoms with Gasteiger partial charge in [-0.3, -0.25) is 4.79 Å². The first-order chi connectivity index (χ1) is 7.51. The largest absolute Gasteiger partial charge is 0.493 e. The van der Waals surface area contributed by atoms with Crippen molar-refractivity contribution in [2.24, 2.45) is 0 Å². The maximum atomic E-state index is 10.9. The third kappa shape index (κ3) is 2.27. The molecule has 0 heterocycles. The number of rotatable bonds is 4. The van der Waals surface area contributed by atoms with Crippen molar-refractivity contribution >= 4 is 5.97 Å². The summed E-state index contributed by atoms with van der Waals surface area (Å²) in [5.41, 5.74) is 1.62. The maximum Gasteiger partial charge on any atom is 0.310 e. The van der Waals surface area contributed by atoms with Crippen LogP contribution < -0.4 is 9.47 Å². The SMILES string of the molecule is COc1cc(C)c(C(C)C(=O)O)cc1OC. The number of ether oxygens (including phenoxy) is 2. The number of benzene rings is 1. The van der Waals surface area contributed by atoms with Crippen LogP contribution >= 0.6 is 0 Å². The van der Waals surface area contributed by atoms with Gasteiger partial charge in [-0.25, -0.2) is 0 Å². The molecule has 4 nitrogen and oxygen atoms in total. The molecule has 0 bridgehead atoms. The second-order valence-corrected chi connectivity index (χ2v) is 3.62. The molecule has 1 rings (SSSR count). The molecule has 88 valence electrons. The van der Waals surface area contributed by atoms with E-state index < -0.39 is 11.9 Å². The average Bonchev–Trinajstić information content (AvgIpc) is 2.27. The van der Waals surface area contributed by atoms with Gasteiger partial charge >= 0.3 is 5.97 Å². The monoisotopic (exact) mass is 224 g/mol. The van der Waals surface area contributed by atoms with Crippen molar-refractivity contribution in [1.82, 2.24) is 0 Å². The first-order valence-electron chi connectivity index (χ1n) is 4.96. The van der Waals surface area contributed by atoms with E-state index in [-0.39, 0.29) is 0 Å². The minimum absolute atomic E-state index is 0.552. The van der Waals surface area contributed by atoms with Crippen molar-refractivity contribution in [1.29, 1.82) is 0 Å². The quantitative estimate of drug-likeness (QED) is 0.851. The highest BCUT2D eigenvalue weighted by Crippen LogP contribution is 2.33. The summed E-state index contributed by atoms with van der Waals surface area (Å²) in [7, 11) is 3.08. The standard InChI is InChI=1S/C12H16O4/c1-7-5-10(15-3)11(16-4)6-9(7)8(2)12(13)14/h5-6,8H,1-4H3,(H,13,14). The van der Waals surface area contributed by atoms with Gasteiger partial charge in [-0.2, -0.15) is 0 Å². The Morgan fingerprint density at radius 1 is 1.25 bits per heavy atom. The normalized spacial score (nSPS) is 12.0. The van der Waals surface area contributed by atoms with E-state index in [1.807, 2.05) is 6.92 Å². The van der Waals surface area contributed by atoms with Gasteiger partial charge in [-0.05, 0) is 37.1 Å². The zero-order valence-corrected chi connectivity index (χ0v) is 9.90. The molecule has 0 aliphatic heterocycles. The second-order valence-electron chi connectivity index (χ2n) is 3.62. The number of hydrogen-bond acceptors (Lipinski definition) is 3. The van der Waals surface area contributed by atoms with Crippen LogP contribution in [0, 0.1) is 6.92 Å². The van der Waals surface area contributed by atoms with E-state index in [0.29, 0.717) is 11.5 Å². The van der Waals surface area contributed by atoms with Crippen LogP contribution in [-0.2, 0) is 4.79 Å². The minimum atomic E-state index is -0.852. The van der Waals surface area contributed by atoms with Gasteiger partial charge in [-0.15, -0.1) is 0 Å². The Hall–Kier alpha value is -1.71. The lowest BCUT2D eigenvalue weighted by molar-refractivity contribution is -0.138. The zero-order chi connectivity index (χ0) is 12.3. The van der Waals surface area contributed by atoms with E-state index in [4.69, 9.17) is 14.6 Å². The van der Waals surface area contributed by atoms with E-state index >= 15 is 0 Å². The topological polar surface area (TPSA) is 55.8 Å². The van der Waals surface area contributed by atoms with Crippen LogP contribution in [0.2, 0.25) is 0 Å². The predicted molar refractivity (Wildman–Crippen MR) is 60.3 cm³/mol. The highest BCUT2D eigenvalue weighted by Gasteiger charge is 2.18. The number of aryl methyl sites for hydroxylation is 1. The van der Waals surface area contributed by atoms with Gasteiger partial charge in [0.1, 0.15) is 0 Å². The van der Waals surface area contributed by atoms with Crippen LogP contribution in [0.5, 0.6) is 11.5 Å². The fourth-order valence-corrected chi connectivity index (χ4v) is 1.60. The summed E-state index contributed by atoms with van der Waals surface area (Å²) < 4.78 is 10.3. The van der Waals surface area contributed by atoms with E-state index in [1.54, 1.807) is 26.2 Å². The van der Waals surface area contributed by atoms with Crippen LogP contribution in [-0.4, -0.2) is 25.3 Å². The second kappa shape index (κ2) is 4.88. The molecule has 1 aromatic rings. The van der Waals surface area contributed by atoms with Crippen molar-refractivity contribution in [3.05, 3.63) is 23.3 Å². The van der Waals surface area contributed by atoms with Crippen LogP contribution in [0.25, 0.3) is 0 Å². The summed E-state index contributed by atoms with van der Waals surface area (Å²) >= 11 is 0. The van der Waals surface area contributed by atoms with Crippen LogP contribution in [0.4, 0.5) is 0 Å². The Bertz CT molecular complexity index is 398. The Morgan fingerprint density at radius 3 is 2.19 bits per heavy atom. The number of aliphatic carboxylic acids is 1. The van der Waals surface area contributed by atoms with Crippen LogP contribution in [0.1, 0.15) is 24.0 Å². The van der Waals surface area contributed by atoms with Gasteiger partial charge in [0.25, 0.3) is 0 Å². The first kappa shape index (κ1) is 12.4. The molecular weight excluding hydrogens is 208 g/mol. The molecular formula is C12H16O4. The summed E-state index contributed by atoms with van der Waals surface area (Å²) in [6.45, 7) is 3.51. The molecule has 0 aliphatic carbocycles. The molecule has 0 aliphatic rings. The van der Waals surface area contributed by atoms with Gasteiger partial charge in [-0.1, -0.05) is 0 Å². The highest BCUT2D eigenvalue weighted by molar-refractivity contribution is 5.76. The summed E-state index contributed by atoms with van der Waals surface area (Å²) in [5, 5.41) is 8.98. The lowest BCUT2D eigenvalue weighted by Gasteiger charge is -2.15. The minimum Gasteiger partial charge on any atom is -0.493 e. The van der Waals surface area contributed by atoms with Gasteiger partial charge < -0.3 is 14.6 Å². The van der Waals surface area contributed by atoms with E-state index in [0.717, 1.165) is 11.1 Å². The molecule has 1 N–H and O–H groups in total. The Kier molecular flexibility index (Phi) is 3.77. The van der Waals surface area contributed by atoms with Crippen molar-refractivity contribution in [3.8, 4) is 11.5 Å². The smallest absolute Gasteiger partial charge is 0.310 e. The number of carbonyl (C=O) groups is 1. The lowest BCUT2D eigenvalue weighted by Crippen LogP contribution is -2.09. The van der Waals surface area contributed by atoms with E-state index in [2.05, 4.69) is 0 Å². The Morgan fingerprint density at radius 2 is 1.75 bits per heavy atom. The van der Waals surface area contributed by atoms with Gasteiger partial charge in [0.2, 0.25) is 0 Å².